The molecule has 0 saturated heterocycles. The Labute approximate surface area is 125 Å². The van der Waals surface area contributed by atoms with Crippen LogP contribution in [0.2, 0.25) is 5.02 Å². The molecule has 0 unspecified atom stereocenters. The Morgan fingerprint density at radius 2 is 2.10 bits per heavy atom. The number of halogens is 2. The summed E-state index contributed by atoms with van der Waals surface area (Å²) in [5, 5.41) is 4.04. The number of aromatic nitrogens is 1. The van der Waals surface area contributed by atoms with E-state index in [1.54, 1.807) is 12.3 Å². The smallest absolute Gasteiger partial charge is 0.175 e. The van der Waals surface area contributed by atoms with Crippen LogP contribution < -0.4 is 5.73 Å². The molecule has 0 aliphatic rings. The molecular weight excluding hydrogens is 295 g/mol. The molecule has 0 radical (unpaired) electrons. The quantitative estimate of drug-likeness (QED) is 0.788. The van der Waals surface area contributed by atoms with Gasteiger partial charge in [0, 0.05) is 18.4 Å². The predicted molar refractivity (Wildman–Crippen MR) is 77.4 cm³/mol. The molecule has 108 valence electrons. The number of nitrogens with two attached hydrogens (primary N) is 1. The molecule has 0 bridgehead atoms. The predicted octanol–water partition coefficient (Wildman–Crippen LogP) is 4.09. The fourth-order valence-electron chi connectivity index (χ4n) is 2.18. The first-order valence-corrected chi connectivity index (χ1v) is 6.75. The summed E-state index contributed by atoms with van der Waals surface area (Å²) < 4.78 is 23.7. The van der Waals surface area contributed by atoms with Crippen molar-refractivity contribution in [3.8, 4) is 11.1 Å². The first-order chi connectivity index (χ1) is 10.1. The molecule has 0 atom stereocenters. The van der Waals surface area contributed by atoms with E-state index in [0.29, 0.717) is 29.7 Å². The van der Waals surface area contributed by atoms with Crippen molar-refractivity contribution in [1.29, 1.82) is 0 Å². The molecule has 0 aliphatic carbocycles. The summed E-state index contributed by atoms with van der Waals surface area (Å²) in [6, 6.07) is 7.83. The summed E-state index contributed by atoms with van der Waals surface area (Å²) in [7, 11) is 0. The molecule has 0 aliphatic heterocycles. The van der Waals surface area contributed by atoms with Gasteiger partial charge in [-0.3, -0.25) is 0 Å². The van der Waals surface area contributed by atoms with E-state index in [9.17, 15) is 4.39 Å². The van der Waals surface area contributed by atoms with Crippen LogP contribution in [0.5, 0.6) is 0 Å². The summed E-state index contributed by atoms with van der Waals surface area (Å²) in [6.45, 7) is 0. The Hall–Kier alpha value is -2.27. The normalized spacial score (nSPS) is 11.0. The molecule has 0 amide bonds. The van der Waals surface area contributed by atoms with Crippen LogP contribution >= 0.6 is 11.6 Å². The minimum absolute atomic E-state index is 0.234. The van der Waals surface area contributed by atoms with Gasteiger partial charge in [-0.05, 0) is 30.3 Å². The third kappa shape index (κ3) is 2.78. The van der Waals surface area contributed by atoms with Crippen LogP contribution in [0.1, 0.15) is 11.5 Å². The summed E-state index contributed by atoms with van der Waals surface area (Å²) in [6.07, 6.45) is 2.82. The molecule has 2 aromatic heterocycles. The standard InChI is InChI=1S/C15H12ClFN2O2/c16-12-8-9(17)3-5-11(12)14-13(21-19-15(14)18)6-4-10-2-1-7-20-10/h1-3,5,7-8H,4,6H2,(H2,18,19). The largest absolute Gasteiger partial charge is 0.469 e. The summed E-state index contributed by atoms with van der Waals surface area (Å²) in [4.78, 5) is 0. The van der Waals surface area contributed by atoms with Crippen molar-refractivity contribution in [2.75, 3.05) is 5.73 Å². The number of nitrogen functional groups attached to an aromatic ring is 1. The zero-order valence-electron chi connectivity index (χ0n) is 11.0. The number of benzene rings is 1. The maximum Gasteiger partial charge on any atom is 0.175 e. The van der Waals surface area contributed by atoms with E-state index < -0.39 is 5.82 Å². The van der Waals surface area contributed by atoms with Gasteiger partial charge >= 0.3 is 0 Å². The lowest BCUT2D eigenvalue weighted by molar-refractivity contribution is 0.382. The Bertz CT molecular complexity index is 753. The number of hydrogen-bond acceptors (Lipinski definition) is 4. The van der Waals surface area contributed by atoms with E-state index in [4.69, 9.17) is 26.3 Å². The number of anilines is 1. The van der Waals surface area contributed by atoms with Crippen LogP contribution in [0, 0.1) is 5.82 Å². The van der Waals surface area contributed by atoms with Gasteiger partial charge in [-0.1, -0.05) is 16.8 Å². The monoisotopic (exact) mass is 306 g/mol. The van der Waals surface area contributed by atoms with Crippen molar-refractivity contribution >= 4 is 17.4 Å². The highest BCUT2D eigenvalue weighted by atomic mass is 35.5. The van der Waals surface area contributed by atoms with Crippen molar-refractivity contribution < 1.29 is 13.3 Å². The van der Waals surface area contributed by atoms with E-state index in [1.165, 1.54) is 12.1 Å². The molecule has 0 fully saturated rings. The second-order valence-corrected chi connectivity index (χ2v) is 4.98. The zero-order valence-corrected chi connectivity index (χ0v) is 11.7. The maximum absolute atomic E-state index is 13.2. The Kier molecular flexibility index (Phi) is 3.66. The van der Waals surface area contributed by atoms with Crippen molar-refractivity contribution in [2.24, 2.45) is 0 Å². The Morgan fingerprint density at radius 1 is 1.24 bits per heavy atom. The average molecular weight is 307 g/mol. The van der Waals surface area contributed by atoms with Gasteiger partial charge in [0.25, 0.3) is 0 Å². The number of hydrogen-bond donors (Lipinski definition) is 1. The SMILES string of the molecule is Nc1noc(CCc2ccco2)c1-c1ccc(F)cc1Cl. The van der Waals surface area contributed by atoms with Gasteiger partial charge in [-0.15, -0.1) is 0 Å². The number of nitrogens with zero attached hydrogens (tertiary/aromatic N) is 1. The van der Waals surface area contributed by atoms with Crippen molar-refractivity contribution in [3.63, 3.8) is 0 Å². The lowest BCUT2D eigenvalue weighted by atomic mass is 10.0. The zero-order chi connectivity index (χ0) is 14.8. The van der Waals surface area contributed by atoms with E-state index in [1.807, 2.05) is 12.1 Å². The van der Waals surface area contributed by atoms with Gasteiger partial charge in [-0.25, -0.2) is 4.39 Å². The highest BCUT2D eigenvalue weighted by molar-refractivity contribution is 6.33. The lowest BCUT2D eigenvalue weighted by Gasteiger charge is -2.05. The summed E-state index contributed by atoms with van der Waals surface area (Å²) in [5.74, 6) is 1.26. The van der Waals surface area contributed by atoms with E-state index in [0.717, 1.165) is 5.76 Å². The molecule has 2 N–H and O–H groups in total. The third-order valence-electron chi connectivity index (χ3n) is 3.17. The van der Waals surface area contributed by atoms with Crippen molar-refractivity contribution in [1.82, 2.24) is 5.16 Å². The first kappa shape index (κ1) is 13.7. The Morgan fingerprint density at radius 3 is 2.81 bits per heavy atom. The van der Waals surface area contributed by atoms with Gasteiger partial charge in [-0.2, -0.15) is 0 Å². The van der Waals surface area contributed by atoms with Crippen LogP contribution in [-0.2, 0) is 12.8 Å². The summed E-state index contributed by atoms with van der Waals surface area (Å²) in [5.41, 5.74) is 7.05. The molecule has 21 heavy (non-hydrogen) atoms. The molecule has 3 rings (SSSR count). The number of furan rings is 1. The first-order valence-electron chi connectivity index (χ1n) is 6.37. The van der Waals surface area contributed by atoms with Gasteiger partial charge in [0.05, 0.1) is 16.8 Å². The van der Waals surface area contributed by atoms with E-state index in [-0.39, 0.29) is 10.8 Å². The lowest BCUT2D eigenvalue weighted by Crippen LogP contribution is -1.94. The topological polar surface area (TPSA) is 65.2 Å². The molecule has 0 saturated carbocycles. The molecule has 6 heteroatoms. The van der Waals surface area contributed by atoms with Gasteiger partial charge in [0.15, 0.2) is 5.82 Å². The van der Waals surface area contributed by atoms with Gasteiger partial charge in [0.2, 0.25) is 0 Å². The Balaban J connectivity index is 1.93. The van der Waals surface area contributed by atoms with Crippen LogP contribution in [0.25, 0.3) is 11.1 Å². The molecule has 3 aromatic rings. The van der Waals surface area contributed by atoms with Gasteiger partial charge in [0.1, 0.15) is 17.3 Å². The van der Waals surface area contributed by atoms with Crippen molar-refractivity contribution in [3.05, 3.63) is 59.0 Å². The van der Waals surface area contributed by atoms with Crippen LogP contribution in [-0.4, -0.2) is 5.16 Å². The minimum Gasteiger partial charge on any atom is -0.469 e. The van der Waals surface area contributed by atoms with E-state index in [2.05, 4.69) is 5.16 Å². The molecule has 4 nitrogen and oxygen atoms in total. The fraction of sp³-hybridized carbons (Fsp3) is 0.133. The average Bonchev–Trinajstić information content (AvgIpc) is 3.07. The van der Waals surface area contributed by atoms with Crippen LogP contribution in [0.15, 0.2) is 45.5 Å². The highest BCUT2D eigenvalue weighted by Crippen LogP contribution is 2.35. The number of rotatable bonds is 4. The second kappa shape index (κ2) is 5.61. The fourth-order valence-corrected chi connectivity index (χ4v) is 2.44. The highest BCUT2D eigenvalue weighted by Gasteiger charge is 2.18. The summed E-state index contributed by atoms with van der Waals surface area (Å²) >= 11 is 6.08. The van der Waals surface area contributed by atoms with Gasteiger partial charge < -0.3 is 14.7 Å². The second-order valence-electron chi connectivity index (χ2n) is 4.57. The molecule has 2 heterocycles. The number of aryl methyl sites for hydroxylation is 2. The van der Waals surface area contributed by atoms with E-state index >= 15 is 0 Å². The maximum atomic E-state index is 13.2. The van der Waals surface area contributed by atoms with Crippen LogP contribution in [0.4, 0.5) is 10.2 Å². The van der Waals surface area contributed by atoms with Crippen molar-refractivity contribution in [2.45, 2.75) is 12.8 Å². The molecular formula is C15H12ClFN2O2. The third-order valence-corrected chi connectivity index (χ3v) is 3.48. The molecule has 0 spiro atoms. The molecule has 1 aromatic carbocycles. The minimum atomic E-state index is -0.407. The van der Waals surface area contributed by atoms with Crippen LogP contribution in [0.3, 0.4) is 0 Å².